The molecule has 4 nitrogen and oxygen atoms in total. The van der Waals surface area contributed by atoms with Crippen LogP contribution in [0.25, 0.3) is 0 Å². The molecular formula is C7H13ClN2O2. The summed E-state index contributed by atoms with van der Waals surface area (Å²) in [6.45, 7) is 2.05. The summed E-state index contributed by atoms with van der Waals surface area (Å²) in [5.74, 6) is -0.428. The van der Waals surface area contributed by atoms with Gasteiger partial charge in [-0.2, -0.15) is 5.26 Å². The van der Waals surface area contributed by atoms with Crippen molar-refractivity contribution in [1.29, 1.82) is 5.26 Å². The molecule has 12 heavy (non-hydrogen) atoms. The van der Waals surface area contributed by atoms with Crippen LogP contribution in [0.5, 0.6) is 0 Å². The third-order valence-electron chi connectivity index (χ3n) is 1.16. The fourth-order valence-corrected chi connectivity index (χ4v) is 0.587. The second-order valence-electron chi connectivity index (χ2n) is 2.06. The molecule has 0 aliphatic rings. The second-order valence-corrected chi connectivity index (χ2v) is 2.06. The molecule has 5 heteroatoms. The van der Waals surface area contributed by atoms with Gasteiger partial charge in [-0.25, -0.2) is 0 Å². The highest BCUT2D eigenvalue weighted by molar-refractivity contribution is 5.85. The molecule has 0 aliphatic carbocycles. The van der Waals surface area contributed by atoms with Crippen molar-refractivity contribution in [3.63, 3.8) is 0 Å². The normalized spacial score (nSPS) is 10.8. The number of esters is 1. The number of carbonyl (C=O) groups excluding carboxylic acids is 1. The number of ether oxygens (including phenoxy) is 1. The van der Waals surface area contributed by atoms with Crippen LogP contribution in [0.3, 0.4) is 0 Å². The van der Waals surface area contributed by atoms with Gasteiger partial charge in [0.1, 0.15) is 6.04 Å². The molecule has 0 fully saturated rings. The van der Waals surface area contributed by atoms with Crippen LogP contribution >= 0.6 is 12.4 Å². The SMILES string of the molecule is CCOC(=O)C(N)CCC#N.Cl. The molecule has 0 aliphatic heterocycles. The first-order chi connectivity index (χ1) is 5.22. The van der Waals surface area contributed by atoms with E-state index in [0.29, 0.717) is 19.4 Å². The van der Waals surface area contributed by atoms with Crippen LogP contribution in [-0.2, 0) is 9.53 Å². The van der Waals surface area contributed by atoms with Gasteiger partial charge in [0.25, 0.3) is 0 Å². The minimum absolute atomic E-state index is 0. The monoisotopic (exact) mass is 192 g/mol. The molecule has 0 aromatic heterocycles. The number of nitriles is 1. The number of nitrogens with zero attached hydrogens (tertiary/aromatic N) is 1. The lowest BCUT2D eigenvalue weighted by molar-refractivity contribution is -0.144. The fourth-order valence-electron chi connectivity index (χ4n) is 0.587. The summed E-state index contributed by atoms with van der Waals surface area (Å²) in [5, 5.41) is 8.17. The summed E-state index contributed by atoms with van der Waals surface area (Å²) >= 11 is 0. The zero-order valence-corrected chi connectivity index (χ0v) is 7.76. The Morgan fingerprint density at radius 2 is 2.33 bits per heavy atom. The Kier molecular flexibility index (Phi) is 9.54. The summed E-state index contributed by atoms with van der Waals surface area (Å²) < 4.78 is 4.63. The Bertz CT molecular complexity index is 167. The lowest BCUT2D eigenvalue weighted by Crippen LogP contribution is -2.32. The maximum absolute atomic E-state index is 10.8. The molecule has 0 heterocycles. The highest BCUT2D eigenvalue weighted by Gasteiger charge is 2.12. The molecule has 0 bridgehead atoms. The lowest BCUT2D eigenvalue weighted by atomic mass is 10.2. The zero-order chi connectivity index (χ0) is 8.69. The average molecular weight is 193 g/mol. The zero-order valence-electron chi connectivity index (χ0n) is 6.95. The first kappa shape index (κ1) is 13.8. The molecule has 0 aromatic carbocycles. The summed E-state index contributed by atoms with van der Waals surface area (Å²) in [6, 6.07) is 1.26. The molecule has 0 amide bonds. The van der Waals surface area contributed by atoms with Crippen LogP contribution in [0, 0.1) is 11.3 Å². The Morgan fingerprint density at radius 3 is 2.75 bits per heavy atom. The molecule has 0 spiro atoms. The van der Waals surface area contributed by atoms with E-state index in [1.165, 1.54) is 0 Å². The summed E-state index contributed by atoms with van der Waals surface area (Å²) in [6.07, 6.45) is 0.662. The minimum Gasteiger partial charge on any atom is -0.465 e. The Balaban J connectivity index is 0. The largest absolute Gasteiger partial charge is 0.465 e. The maximum Gasteiger partial charge on any atom is 0.322 e. The van der Waals surface area contributed by atoms with E-state index in [2.05, 4.69) is 4.74 Å². The van der Waals surface area contributed by atoms with Crippen LogP contribution in [0.15, 0.2) is 0 Å². The first-order valence-corrected chi connectivity index (χ1v) is 3.51. The van der Waals surface area contributed by atoms with Crippen molar-refractivity contribution < 1.29 is 9.53 Å². The average Bonchev–Trinajstić information content (AvgIpc) is 2.00. The summed E-state index contributed by atoms with van der Waals surface area (Å²) in [4.78, 5) is 10.8. The van der Waals surface area contributed by atoms with Gasteiger partial charge < -0.3 is 10.5 Å². The van der Waals surface area contributed by atoms with Crippen molar-refractivity contribution in [2.24, 2.45) is 5.73 Å². The quantitative estimate of drug-likeness (QED) is 0.662. The molecule has 0 aromatic rings. The van der Waals surface area contributed by atoms with E-state index in [-0.39, 0.29) is 12.4 Å². The number of carbonyl (C=O) groups is 1. The Labute approximate surface area is 78.1 Å². The van der Waals surface area contributed by atoms with E-state index in [1.807, 2.05) is 6.07 Å². The molecule has 0 saturated heterocycles. The van der Waals surface area contributed by atoms with Crippen LogP contribution < -0.4 is 5.73 Å². The summed E-state index contributed by atoms with van der Waals surface area (Å²) in [7, 11) is 0. The lowest BCUT2D eigenvalue weighted by Gasteiger charge is -2.07. The van der Waals surface area contributed by atoms with E-state index in [0.717, 1.165) is 0 Å². The molecule has 70 valence electrons. The van der Waals surface area contributed by atoms with Gasteiger partial charge in [-0.05, 0) is 13.3 Å². The number of hydrogen-bond donors (Lipinski definition) is 1. The van der Waals surface area contributed by atoms with E-state index >= 15 is 0 Å². The molecule has 1 unspecified atom stereocenters. The van der Waals surface area contributed by atoms with Crippen molar-refractivity contribution in [3.05, 3.63) is 0 Å². The van der Waals surface area contributed by atoms with Gasteiger partial charge in [0.15, 0.2) is 0 Å². The van der Waals surface area contributed by atoms with Gasteiger partial charge in [0, 0.05) is 6.42 Å². The minimum atomic E-state index is -0.644. The van der Waals surface area contributed by atoms with Crippen LogP contribution in [-0.4, -0.2) is 18.6 Å². The molecule has 2 N–H and O–H groups in total. The van der Waals surface area contributed by atoms with Crippen molar-refractivity contribution in [2.75, 3.05) is 6.61 Å². The van der Waals surface area contributed by atoms with E-state index in [1.54, 1.807) is 6.92 Å². The van der Waals surface area contributed by atoms with Crippen molar-refractivity contribution in [2.45, 2.75) is 25.8 Å². The van der Waals surface area contributed by atoms with Gasteiger partial charge >= 0.3 is 5.97 Å². The van der Waals surface area contributed by atoms with Gasteiger partial charge in [-0.1, -0.05) is 0 Å². The standard InChI is InChI=1S/C7H12N2O2.ClH/c1-2-11-7(10)6(9)4-3-5-8;/h6H,2-4,9H2,1H3;1H. The maximum atomic E-state index is 10.8. The van der Waals surface area contributed by atoms with Gasteiger partial charge in [0.05, 0.1) is 12.7 Å². The smallest absolute Gasteiger partial charge is 0.322 e. The van der Waals surface area contributed by atoms with Crippen LogP contribution in [0.1, 0.15) is 19.8 Å². The fraction of sp³-hybridized carbons (Fsp3) is 0.714. The molecule has 1 atom stereocenters. The second kappa shape index (κ2) is 8.31. The van der Waals surface area contributed by atoms with Gasteiger partial charge in [-0.3, -0.25) is 4.79 Å². The van der Waals surface area contributed by atoms with Gasteiger partial charge in [0.2, 0.25) is 0 Å². The number of rotatable bonds is 4. The predicted octanol–water partition coefficient (Wildman–Crippen LogP) is 0.602. The Hall–Kier alpha value is -0.790. The third kappa shape index (κ3) is 5.96. The van der Waals surface area contributed by atoms with E-state index in [4.69, 9.17) is 11.0 Å². The predicted molar refractivity (Wildman–Crippen MR) is 46.7 cm³/mol. The number of halogens is 1. The third-order valence-corrected chi connectivity index (χ3v) is 1.16. The highest BCUT2D eigenvalue weighted by Crippen LogP contribution is 1.95. The number of nitrogens with two attached hydrogens (primary N) is 1. The number of hydrogen-bond acceptors (Lipinski definition) is 4. The van der Waals surface area contributed by atoms with Crippen molar-refractivity contribution in [3.8, 4) is 6.07 Å². The van der Waals surface area contributed by atoms with Crippen molar-refractivity contribution in [1.82, 2.24) is 0 Å². The summed E-state index contributed by atoms with van der Waals surface area (Å²) in [5.41, 5.74) is 5.36. The van der Waals surface area contributed by atoms with Crippen LogP contribution in [0.2, 0.25) is 0 Å². The Morgan fingerprint density at radius 1 is 1.75 bits per heavy atom. The van der Waals surface area contributed by atoms with E-state index in [9.17, 15) is 4.79 Å². The molecular weight excluding hydrogens is 180 g/mol. The van der Waals surface area contributed by atoms with Crippen LogP contribution in [0.4, 0.5) is 0 Å². The molecule has 0 saturated carbocycles. The van der Waals surface area contributed by atoms with E-state index < -0.39 is 12.0 Å². The highest BCUT2D eigenvalue weighted by atomic mass is 35.5. The first-order valence-electron chi connectivity index (χ1n) is 3.51. The van der Waals surface area contributed by atoms with Crippen molar-refractivity contribution >= 4 is 18.4 Å². The molecule has 0 rings (SSSR count). The van der Waals surface area contributed by atoms with Gasteiger partial charge in [-0.15, -0.1) is 12.4 Å². The topological polar surface area (TPSA) is 76.1 Å². The molecule has 0 radical (unpaired) electrons.